The molecular formula is C14H25N3O3. The fraction of sp³-hybridized carbons (Fsp3) is 0.857. The second-order valence-electron chi connectivity index (χ2n) is 5.97. The number of hydrogen-bond acceptors (Lipinski definition) is 3. The lowest BCUT2D eigenvalue weighted by Gasteiger charge is -2.36. The second kappa shape index (κ2) is 5.99. The second-order valence-corrected chi connectivity index (χ2v) is 5.97. The van der Waals surface area contributed by atoms with Crippen LogP contribution in [0.25, 0.3) is 0 Å². The van der Waals surface area contributed by atoms with E-state index in [9.17, 15) is 14.7 Å². The van der Waals surface area contributed by atoms with Crippen LogP contribution in [0.5, 0.6) is 0 Å². The number of carbonyl (C=O) groups excluding carboxylic acids is 1. The first-order valence-electron chi connectivity index (χ1n) is 7.49. The van der Waals surface area contributed by atoms with Crippen LogP contribution in [-0.4, -0.2) is 65.2 Å². The van der Waals surface area contributed by atoms with Crippen LogP contribution < -0.4 is 5.32 Å². The Morgan fingerprint density at radius 1 is 1.30 bits per heavy atom. The Morgan fingerprint density at radius 2 is 1.95 bits per heavy atom. The molecule has 0 aliphatic carbocycles. The first kappa shape index (κ1) is 15.1. The van der Waals surface area contributed by atoms with Gasteiger partial charge in [-0.3, -0.25) is 0 Å². The Hall–Kier alpha value is -1.30. The van der Waals surface area contributed by atoms with Crippen molar-refractivity contribution in [1.82, 2.24) is 15.1 Å². The molecule has 1 atom stereocenters. The zero-order valence-corrected chi connectivity index (χ0v) is 12.4. The number of hydrogen-bond donors (Lipinski definition) is 2. The van der Waals surface area contributed by atoms with E-state index in [0.29, 0.717) is 19.4 Å². The van der Waals surface area contributed by atoms with Crippen molar-refractivity contribution in [3.05, 3.63) is 0 Å². The Morgan fingerprint density at radius 3 is 2.50 bits per heavy atom. The van der Waals surface area contributed by atoms with Gasteiger partial charge < -0.3 is 20.2 Å². The summed E-state index contributed by atoms with van der Waals surface area (Å²) in [6.07, 6.45) is 3.65. The summed E-state index contributed by atoms with van der Waals surface area (Å²) in [5, 5.41) is 12.5. The van der Waals surface area contributed by atoms with Gasteiger partial charge in [0, 0.05) is 12.6 Å². The standard InChI is InChI=1S/C14H25N3O3/c1-3-14(12(18)19)7-4-8-17(14)13(20)15-11-5-9-16(2)10-6-11/h11H,3-10H2,1-2H3,(H,15,20)(H,18,19). The number of piperidine rings is 1. The lowest BCUT2D eigenvalue weighted by molar-refractivity contribution is -0.148. The van der Waals surface area contributed by atoms with Gasteiger partial charge in [-0.2, -0.15) is 0 Å². The SMILES string of the molecule is CCC1(C(=O)O)CCCN1C(=O)NC1CCN(C)CC1. The van der Waals surface area contributed by atoms with Gasteiger partial charge in [0.15, 0.2) is 0 Å². The number of amides is 2. The molecule has 0 aromatic rings. The maximum absolute atomic E-state index is 12.4. The van der Waals surface area contributed by atoms with Crippen LogP contribution in [0.3, 0.4) is 0 Å². The Bertz CT molecular complexity index is 380. The van der Waals surface area contributed by atoms with E-state index >= 15 is 0 Å². The van der Waals surface area contributed by atoms with E-state index in [1.807, 2.05) is 6.92 Å². The van der Waals surface area contributed by atoms with E-state index in [4.69, 9.17) is 0 Å². The highest BCUT2D eigenvalue weighted by Crippen LogP contribution is 2.32. The minimum atomic E-state index is -1.00. The number of aliphatic carboxylic acids is 1. The molecule has 114 valence electrons. The molecule has 1 unspecified atom stereocenters. The molecule has 0 spiro atoms. The number of rotatable bonds is 3. The Labute approximate surface area is 120 Å². The molecule has 20 heavy (non-hydrogen) atoms. The summed E-state index contributed by atoms with van der Waals surface area (Å²) in [5.74, 6) is -0.879. The fourth-order valence-corrected chi connectivity index (χ4v) is 3.32. The molecule has 0 radical (unpaired) electrons. The van der Waals surface area contributed by atoms with Crippen LogP contribution in [0.4, 0.5) is 4.79 Å². The largest absolute Gasteiger partial charge is 0.479 e. The highest BCUT2D eigenvalue weighted by atomic mass is 16.4. The highest BCUT2D eigenvalue weighted by Gasteiger charge is 2.48. The number of nitrogens with zero attached hydrogens (tertiary/aromatic N) is 2. The van der Waals surface area contributed by atoms with Crippen LogP contribution in [0.15, 0.2) is 0 Å². The lowest BCUT2D eigenvalue weighted by Crippen LogP contribution is -2.57. The van der Waals surface area contributed by atoms with Gasteiger partial charge in [-0.15, -0.1) is 0 Å². The smallest absolute Gasteiger partial charge is 0.329 e. The molecule has 0 bridgehead atoms. The zero-order valence-electron chi connectivity index (χ0n) is 12.4. The summed E-state index contributed by atoms with van der Waals surface area (Å²) in [5.41, 5.74) is -1.00. The van der Waals surface area contributed by atoms with Crippen molar-refractivity contribution in [2.24, 2.45) is 0 Å². The van der Waals surface area contributed by atoms with E-state index < -0.39 is 11.5 Å². The van der Waals surface area contributed by atoms with E-state index in [-0.39, 0.29) is 12.1 Å². The summed E-state index contributed by atoms with van der Waals surface area (Å²) in [4.78, 5) is 27.8. The van der Waals surface area contributed by atoms with Crippen molar-refractivity contribution in [3.63, 3.8) is 0 Å². The van der Waals surface area contributed by atoms with E-state index in [2.05, 4.69) is 17.3 Å². The molecule has 0 aromatic heterocycles. The number of urea groups is 1. The van der Waals surface area contributed by atoms with Crippen molar-refractivity contribution < 1.29 is 14.7 Å². The van der Waals surface area contributed by atoms with Crippen molar-refractivity contribution >= 4 is 12.0 Å². The summed E-state index contributed by atoms with van der Waals surface area (Å²) in [6.45, 7) is 4.33. The first-order chi connectivity index (χ1) is 9.49. The Balaban J connectivity index is 1.99. The van der Waals surface area contributed by atoms with Crippen molar-refractivity contribution in [3.8, 4) is 0 Å². The average Bonchev–Trinajstić information content (AvgIpc) is 2.86. The molecule has 2 rings (SSSR count). The minimum absolute atomic E-state index is 0.169. The van der Waals surface area contributed by atoms with Gasteiger partial charge in [0.1, 0.15) is 5.54 Å². The van der Waals surface area contributed by atoms with Crippen LogP contribution in [0, 0.1) is 0 Å². The zero-order chi connectivity index (χ0) is 14.8. The molecule has 2 aliphatic rings. The van der Waals surface area contributed by atoms with Crippen LogP contribution in [0.1, 0.15) is 39.0 Å². The summed E-state index contributed by atoms with van der Waals surface area (Å²) in [7, 11) is 2.07. The summed E-state index contributed by atoms with van der Waals surface area (Å²) < 4.78 is 0. The van der Waals surface area contributed by atoms with Crippen LogP contribution in [-0.2, 0) is 4.79 Å². The minimum Gasteiger partial charge on any atom is -0.479 e. The number of carboxylic acid groups (broad SMARTS) is 1. The van der Waals surface area contributed by atoms with Gasteiger partial charge in [-0.25, -0.2) is 9.59 Å². The lowest BCUT2D eigenvalue weighted by atomic mass is 9.93. The van der Waals surface area contributed by atoms with Gasteiger partial charge in [-0.1, -0.05) is 6.92 Å². The highest BCUT2D eigenvalue weighted by molar-refractivity contribution is 5.87. The van der Waals surface area contributed by atoms with Crippen LogP contribution >= 0.6 is 0 Å². The first-order valence-corrected chi connectivity index (χ1v) is 7.49. The molecule has 2 N–H and O–H groups in total. The monoisotopic (exact) mass is 283 g/mol. The number of likely N-dealkylation sites (tertiary alicyclic amines) is 2. The molecule has 2 saturated heterocycles. The van der Waals surface area contributed by atoms with E-state index in [1.54, 1.807) is 0 Å². The van der Waals surface area contributed by atoms with Gasteiger partial charge in [0.2, 0.25) is 0 Å². The van der Waals surface area contributed by atoms with Crippen molar-refractivity contribution in [2.75, 3.05) is 26.7 Å². The molecule has 6 heteroatoms. The third-order valence-electron chi connectivity index (χ3n) is 4.76. The average molecular weight is 283 g/mol. The molecule has 0 saturated carbocycles. The predicted molar refractivity (Wildman–Crippen MR) is 75.6 cm³/mol. The fourth-order valence-electron chi connectivity index (χ4n) is 3.32. The van der Waals surface area contributed by atoms with E-state index in [1.165, 1.54) is 4.90 Å². The van der Waals surface area contributed by atoms with Crippen molar-refractivity contribution in [2.45, 2.75) is 50.6 Å². The molecule has 2 heterocycles. The molecule has 2 amide bonds. The molecule has 6 nitrogen and oxygen atoms in total. The maximum Gasteiger partial charge on any atom is 0.329 e. The number of nitrogens with one attached hydrogen (secondary N) is 1. The third kappa shape index (κ3) is 2.75. The quantitative estimate of drug-likeness (QED) is 0.814. The van der Waals surface area contributed by atoms with Crippen LogP contribution in [0.2, 0.25) is 0 Å². The normalized spacial score (nSPS) is 28.6. The third-order valence-corrected chi connectivity index (χ3v) is 4.76. The number of carbonyl (C=O) groups is 2. The van der Waals surface area contributed by atoms with Crippen molar-refractivity contribution in [1.29, 1.82) is 0 Å². The topological polar surface area (TPSA) is 72.9 Å². The molecular weight excluding hydrogens is 258 g/mol. The molecule has 2 fully saturated rings. The van der Waals surface area contributed by atoms with Gasteiger partial charge in [0.05, 0.1) is 0 Å². The number of carboxylic acids is 1. The molecule has 0 aromatic carbocycles. The summed E-state index contributed by atoms with van der Waals surface area (Å²) >= 11 is 0. The Kier molecular flexibility index (Phi) is 4.52. The van der Waals surface area contributed by atoms with Gasteiger partial charge in [-0.05, 0) is 52.2 Å². The predicted octanol–water partition coefficient (Wildman–Crippen LogP) is 1.12. The van der Waals surface area contributed by atoms with Gasteiger partial charge >= 0.3 is 12.0 Å². The molecule has 2 aliphatic heterocycles. The maximum atomic E-state index is 12.4. The van der Waals surface area contributed by atoms with Gasteiger partial charge in [0.25, 0.3) is 0 Å². The van der Waals surface area contributed by atoms with E-state index in [0.717, 1.165) is 32.4 Å². The summed E-state index contributed by atoms with van der Waals surface area (Å²) in [6, 6.07) is -0.0380.